The van der Waals surface area contributed by atoms with Crippen LogP contribution < -0.4 is 14.3 Å². The molecule has 33 heavy (non-hydrogen) atoms. The van der Waals surface area contributed by atoms with Crippen LogP contribution in [0.4, 0.5) is 35.1 Å². The van der Waals surface area contributed by atoms with Gasteiger partial charge in [-0.05, 0) is 0 Å². The molecule has 4 aromatic rings. The van der Waals surface area contributed by atoms with Crippen molar-refractivity contribution in [1.82, 2.24) is 0 Å². The van der Waals surface area contributed by atoms with Gasteiger partial charge in [-0.3, -0.25) is 0 Å². The summed E-state index contributed by atoms with van der Waals surface area (Å²) >= 11 is -5.57. The molecule has 0 fully saturated rings. The van der Waals surface area contributed by atoms with Gasteiger partial charge in [0.15, 0.2) is 0 Å². The quantitative estimate of drug-likeness (QED) is 0.255. The van der Waals surface area contributed by atoms with Gasteiger partial charge in [-0.25, -0.2) is 0 Å². The summed E-state index contributed by atoms with van der Waals surface area (Å²) in [4.78, 5) is 0. The molecule has 9 heteroatoms. The second kappa shape index (κ2) is 8.81. The fourth-order valence-corrected chi connectivity index (χ4v) is 17.9. The van der Waals surface area contributed by atoms with E-state index in [9.17, 15) is 35.1 Å². The summed E-state index contributed by atoms with van der Waals surface area (Å²) in [6, 6.07) is 8.86. The molecule has 0 bridgehead atoms. The average molecular weight is 571 g/mol. The Morgan fingerprint density at radius 1 is 0.273 bits per heavy atom. The standard InChI is InChI=1S/4C6H3F2.Sn/c4*7-5-2-1-3-6(8)4-5;/h4*2-4H;. The Hall–Kier alpha value is -2.88. The normalized spacial score (nSPS) is 11.6. The summed E-state index contributed by atoms with van der Waals surface area (Å²) in [5.41, 5.74) is 0. The van der Waals surface area contributed by atoms with Gasteiger partial charge in [0.1, 0.15) is 0 Å². The molecule has 0 aliphatic carbocycles. The summed E-state index contributed by atoms with van der Waals surface area (Å²) in [7, 11) is 0. The number of hydrogen-bond donors (Lipinski definition) is 0. The predicted octanol–water partition coefficient (Wildman–Crippen LogP) is 4.18. The Balaban J connectivity index is 2.28. The van der Waals surface area contributed by atoms with E-state index in [-0.39, 0.29) is 14.3 Å². The molecule has 0 nitrogen and oxygen atoms in total. The van der Waals surface area contributed by atoms with E-state index in [1.807, 2.05) is 0 Å². The molecule has 0 unspecified atom stereocenters. The van der Waals surface area contributed by atoms with Gasteiger partial charge in [-0.15, -0.1) is 0 Å². The molecule has 0 heterocycles. The fraction of sp³-hybridized carbons (Fsp3) is 0. The maximum atomic E-state index is 14.3. The molecule has 0 aliphatic heterocycles. The van der Waals surface area contributed by atoms with Crippen molar-refractivity contribution in [3.8, 4) is 0 Å². The molecule has 0 N–H and O–H groups in total. The van der Waals surface area contributed by atoms with E-state index in [1.54, 1.807) is 0 Å². The van der Waals surface area contributed by atoms with Crippen LogP contribution >= 0.6 is 0 Å². The van der Waals surface area contributed by atoms with Crippen LogP contribution in [0.5, 0.6) is 0 Å². The topological polar surface area (TPSA) is 0 Å². The Morgan fingerprint density at radius 3 is 0.576 bits per heavy atom. The van der Waals surface area contributed by atoms with Crippen molar-refractivity contribution in [2.24, 2.45) is 0 Å². The second-order valence-corrected chi connectivity index (χ2v) is 18.3. The first-order valence-corrected chi connectivity index (χ1v) is 15.1. The molecule has 0 spiro atoms. The van der Waals surface area contributed by atoms with Gasteiger partial charge in [-0.1, -0.05) is 0 Å². The van der Waals surface area contributed by atoms with Crippen molar-refractivity contribution in [3.05, 3.63) is 119 Å². The third-order valence-electron chi connectivity index (χ3n) is 5.18. The van der Waals surface area contributed by atoms with E-state index in [1.165, 1.54) is 0 Å². The molecule has 0 amide bonds. The summed E-state index contributed by atoms with van der Waals surface area (Å²) in [5, 5.41) is 0. The van der Waals surface area contributed by atoms with Gasteiger partial charge in [0.25, 0.3) is 0 Å². The van der Waals surface area contributed by atoms with E-state index in [0.717, 1.165) is 48.5 Å². The minimum atomic E-state index is -5.57. The number of hydrogen-bond acceptors (Lipinski definition) is 0. The Labute approximate surface area is 187 Å². The minimum absolute atomic E-state index is 0.207. The fourth-order valence-electron chi connectivity index (χ4n) is 4.08. The molecule has 0 radical (unpaired) electrons. The molecule has 0 aliphatic rings. The molecular weight excluding hydrogens is 559 g/mol. The molecule has 4 rings (SSSR count). The van der Waals surface area contributed by atoms with Gasteiger partial charge in [0, 0.05) is 0 Å². The zero-order chi connectivity index (χ0) is 23.9. The van der Waals surface area contributed by atoms with Crippen LogP contribution in [-0.2, 0) is 0 Å². The van der Waals surface area contributed by atoms with Crippen molar-refractivity contribution in [2.75, 3.05) is 0 Å². The zero-order valence-electron chi connectivity index (χ0n) is 16.5. The molecule has 168 valence electrons. The Bertz CT molecular complexity index is 1080. The third kappa shape index (κ3) is 4.48. The molecule has 0 aromatic heterocycles. The van der Waals surface area contributed by atoms with Gasteiger partial charge >= 0.3 is 187 Å². The first-order valence-electron chi connectivity index (χ1n) is 9.44. The van der Waals surface area contributed by atoms with E-state index < -0.39 is 64.9 Å². The van der Waals surface area contributed by atoms with Gasteiger partial charge in [0.05, 0.1) is 0 Å². The number of benzene rings is 4. The van der Waals surface area contributed by atoms with Gasteiger partial charge in [-0.2, -0.15) is 0 Å². The van der Waals surface area contributed by atoms with Crippen LogP contribution in [0.2, 0.25) is 0 Å². The zero-order valence-corrected chi connectivity index (χ0v) is 19.3. The van der Waals surface area contributed by atoms with Crippen LogP contribution in [-0.4, -0.2) is 18.4 Å². The van der Waals surface area contributed by atoms with Crippen LogP contribution in [0.1, 0.15) is 0 Å². The van der Waals surface area contributed by atoms with Crippen LogP contribution in [0, 0.1) is 46.5 Å². The maximum absolute atomic E-state index is 14.3. The second-order valence-electron chi connectivity index (χ2n) is 7.38. The van der Waals surface area contributed by atoms with Crippen LogP contribution in [0.25, 0.3) is 0 Å². The Morgan fingerprint density at radius 2 is 0.424 bits per heavy atom. The monoisotopic (exact) mass is 572 g/mol. The molecular formula is C24H12F8Sn. The third-order valence-corrected chi connectivity index (χ3v) is 18.4. The van der Waals surface area contributed by atoms with E-state index >= 15 is 0 Å². The van der Waals surface area contributed by atoms with Crippen molar-refractivity contribution in [1.29, 1.82) is 0 Å². The summed E-state index contributed by atoms with van der Waals surface area (Å²) < 4.78 is 114. The first-order chi connectivity index (χ1) is 15.6. The van der Waals surface area contributed by atoms with Crippen LogP contribution in [0.15, 0.2) is 72.8 Å². The van der Waals surface area contributed by atoms with Gasteiger partial charge in [0.2, 0.25) is 0 Å². The predicted molar refractivity (Wildman–Crippen MR) is 110 cm³/mol. The average Bonchev–Trinajstić information content (AvgIpc) is 2.65. The van der Waals surface area contributed by atoms with E-state index in [2.05, 4.69) is 0 Å². The van der Waals surface area contributed by atoms with E-state index in [0.29, 0.717) is 24.3 Å². The summed E-state index contributed by atoms with van der Waals surface area (Å²) in [5.74, 6) is -8.69. The van der Waals surface area contributed by atoms with E-state index in [4.69, 9.17) is 0 Å². The summed E-state index contributed by atoms with van der Waals surface area (Å²) in [6.45, 7) is 0. The number of rotatable bonds is 4. The van der Waals surface area contributed by atoms with Gasteiger partial charge < -0.3 is 0 Å². The van der Waals surface area contributed by atoms with Crippen molar-refractivity contribution < 1.29 is 35.1 Å². The SMILES string of the molecule is Fc1cc(F)c[c]([Sn]([c]2cc(F)cc(F)c2)([c]2cc(F)cc(F)c2)[c]2cc(F)cc(F)c2)c1. The molecule has 0 atom stereocenters. The number of halogens is 8. The Kier molecular flexibility index (Phi) is 6.22. The van der Waals surface area contributed by atoms with Crippen molar-refractivity contribution in [2.45, 2.75) is 0 Å². The first kappa shape index (κ1) is 23.3. The molecule has 4 aromatic carbocycles. The molecule has 0 saturated carbocycles. The van der Waals surface area contributed by atoms with Crippen molar-refractivity contribution >= 4 is 32.7 Å². The summed E-state index contributed by atoms with van der Waals surface area (Å²) in [6.07, 6.45) is 0. The molecule has 0 saturated heterocycles. The van der Waals surface area contributed by atoms with Crippen LogP contribution in [0.3, 0.4) is 0 Å². The van der Waals surface area contributed by atoms with Crippen molar-refractivity contribution in [3.63, 3.8) is 0 Å².